The monoisotopic (exact) mass is 265 g/mol. The number of hydrogen-bond acceptors (Lipinski definition) is 5. The van der Waals surface area contributed by atoms with Crippen LogP contribution in [-0.2, 0) is 0 Å². The Morgan fingerprint density at radius 3 is 2.53 bits per heavy atom. The van der Waals surface area contributed by atoms with Crippen molar-refractivity contribution < 1.29 is 0 Å². The summed E-state index contributed by atoms with van der Waals surface area (Å²) in [6, 6.07) is 2.56. The summed E-state index contributed by atoms with van der Waals surface area (Å²) in [5, 5.41) is 6.39. The molecule has 0 aliphatic rings. The number of nitrogens with zero attached hydrogens (tertiary/aromatic N) is 3. The SMILES string of the molecule is CNc1cc(NCCCCN(C)C(C)C)nc(C)n1. The Labute approximate surface area is 116 Å². The molecule has 0 amide bonds. The summed E-state index contributed by atoms with van der Waals surface area (Å²) < 4.78 is 0. The van der Waals surface area contributed by atoms with Gasteiger partial charge in [-0.25, -0.2) is 9.97 Å². The second-order valence-corrected chi connectivity index (χ2v) is 5.14. The van der Waals surface area contributed by atoms with Gasteiger partial charge in [0.25, 0.3) is 0 Å². The van der Waals surface area contributed by atoms with Crippen LogP contribution in [0.1, 0.15) is 32.5 Å². The van der Waals surface area contributed by atoms with Crippen molar-refractivity contribution in [3.63, 3.8) is 0 Å². The fourth-order valence-electron chi connectivity index (χ4n) is 1.75. The summed E-state index contributed by atoms with van der Waals surface area (Å²) in [7, 11) is 4.04. The highest BCUT2D eigenvalue weighted by atomic mass is 15.1. The minimum atomic E-state index is 0.621. The van der Waals surface area contributed by atoms with E-state index in [0.717, 1.165) is 37.0 Å². The third-order valence-electron chi connectivity index (χ3n) is 3.22. The molecule has 0 spiro atoms. The summed E-state index contributed by atoms with van der Waals surface area (Å²) in [5.74, 6) is 2.54. The first-order chi connectivity index (χ1) is 9.02. The van der Waals surface area contributed by atoms with Crippen LogP contribution in [0.5, 0.6) is 0 Å². The highest BCUT2D eigenvalue weighted by molar-refractivity contribution is 5.46. The molecule has 0 aliphatic carbocycles. The molecule has 0 saturated heterocycles. The molecule has 0 atom stereocenters. The van der Waals surface area contributed by atoms with E-state index in [1.807, 2.05) is 20.0 Å². The molecule has 108 valence electrons. The number of unbranched alkanes of at least 4 members (excludes halogenated alkanes) is 1. The number of nitrogens with one attached hydrogen (secondary N) is 2. The van der Waals surface area contributed by atoms with Gasteiger partial charge in [0.15, 0.2) is 0 Å². The first-order valence-corrected chi connectivity index (χ1v) is 7.00. The Morgan fingerprint density at radius 2 is 1.89 bits per heavy atom. The lowest BCUT2D eigenvalue weighted by molar-refractivity contribution is 0.269. The average molecular weight is 265 g/mol. The topological polar surface area (TPSA) is 53.1 Å². The Hall–Kier alpha value is -1.36. The van der Waals surface area contributed by atoms with Crippen molar-refractivity contribution >= 4 is 11.6 Å². The third kappa shape index (κ3) is 5.87. The van der Waals surface area contributed by atoms with E-state index in [9.17, 15) is 0 Å². The summed E-state index contributed by atoms with van der Waals surface area (Å²) in [6.07, 6.45) is 2.35. The van der Waals surface area contributed by atoms with Crippen molar-refractivity contribution in [2.45, 2.75) is 39.7 Å². The number of hydrogen-bond donors (Lipinski definition) is 2. The molecule has 1 heterocycles. The second kappa shape index (κ2) is 7.94. The van der Waals surface area contributed by atoms with Crippen molar-refractivity contribution in [3.8, 4) is 0 Å². The van der Waals surface area contributed by atoms with Crippen LogP contribution in [-0.4, -0.2) is 48.1 Å². The molecular weight excluding hydrogens is 238 g/mol. The highest BCUT2D eigenvalue weighted by Gasteiger charge is 2.02. The Balaban J connectivity index is 2.28. The molecule has 1 aromatic rings. The van der Waals surface area contributed by atoms with Gasteiger partial charge in [0.1, 0.15) is 17.5 Å². The normalized spacial score (nSPS) is 11.1. The van der Waals surface area contributed by atoms with E-state index in [1.54, 1.807) is 0 Å². The Morgan fingerprint density at radius 1 is 1.21 bits per heavy atom. The fourth-order valence-corrected chi connectivity index (χ4v) is 1.75. The lowest BCUT2D eigenvalue weighted by Crippen LogP contribution is -2.27. The summed E-state index contributed by atoms with van der Waals surface area (Å²) in [4.78, 5) is 11.0. The smallest absolute Gasteiger partial charge is 0.131 e. The quantitative estimate of drug-likeness (QED) is 0.707. The first kappa shape index (κ1) is 15.7. The van der Waals surface area contributed by atoms with Crippen molar-refractivity contribution in [2.24, 2.45) is 0 Å². The van der Waals surface area contributed by atoms with Gasteiger partial charge in [-0.2, -0.15) is 0 Å². The van der Waals surface area contributed by atoms with E-state index < -0.39 is 0 Å². The molecule has 5 heteroatoms. The third-order valence-corrected chi connectivity index (χ3v) is 3.22. The van der Waals surface area contributed by atoms with Crippen LogP contribution in [0.4, 0.5) is 11.6 Å². The summed E-state index contributed by atoms with van der Waals surface area (Å²) in [5.41, 5.74) is 0. The number of aryl methyl sites for hydroxylation is 1. The van der Waals surface area contributed by atoms with Crippen LogP contribution < -0.4 is 10.6 Å². The van der Waals surface area contributed by atoms with Gasteiger partial charge >= 0.3 is 0 Å². The molecule has 0 aliphatic heterocycles. The van der Waals surface area contributed by atoms with Gasteiger partial charge in [0, 0.05) is 25.7 Å². The molecule has 0 saturated carbocycles. The second-order valence-electron chi connectivity index (χ2n) is 5.14. The zero-order valence-corrected chi connectivity index (χ0v) is 12.8. The standard InChI is InChI=1S/C14H27N5/c1-11(2)19(5)9-7-6-8-16-14-10-13(15-4)17-12(3)18-14/h10-11H,6-9H2,1-5H3,(H2,15,16,17,18). The zero-order valence-electron chi connectivity index (χ0n) is 12.8. The van der Waals surface area contributed by atoms with Crippen LogP contribution in [0.15, 0.2) is 6.07 Å². The van der Waals surface area contributed by atoms with Gasteiger partial charge in [0.2, 0.25) is 0 Å². The van der Waals surface area contributed by atoms with E-state index in [2.05, 4.69) is 46.4 Å². The van der Waals surface area contributed by atoms with Gasteiger partial charge in [-0.15, -0.1) is 0 Å². The molecule has 0 radical (unpaired) electrons. The number of rotatable bonds is 8. The largest absolute Gasteiger partial charge is 0.373 e. The van der Waals surface area contributed by atoms with Gasteiger partial charge in [-0.1, -0.05) is 0 Å². The minimum Gasteiger partial charge on any atom is -0.373 e. The fraction of sp³-hybridized carbons (Fsp3) is 0.714. The van der Waals surface area contributed by atoms with E-state index in [4.69, 9.17) is 0 Å². The lowest BCUT2D eigenvalue weighted by Gasteiger charge is -2.20. The van der Waals surface area contributed by atoms with Crippen LogP contribution in [0, 0.1) is 6.92 Å². The minimum absolute atomic E-state index is 0.621. The van der Waals surface area contributed by atoms with Crippen molar-refractivity contribution in [3.05, 3.63) is 11.9 Å². The Bertz CT molecular complexity index is 378. The Kier molecular flexibility index (Phi) is 6.56. The van der Waals surface area contributed by atoms with E-state index in [1.165, 1.54) is 6.42 Å². The van der Waals surface area contributed by atoms with Crippen molar-refractivity contribution in [1.29, 1.82) is 0 Å². The predicted octanol–water partition coefficient (Wildman–Crippen LogP) is 2.36. The van der Waals surface area contributed by atoms with Crippen LogP contribution in [0.2, 0.25) is 0 Å². The van der Waals surface area contributed by atoms with Crippen LogP contribution in [0.25, 0.3) is 0 Å². The molecule has 1 rings (SSSR count). The van der Waals surface area contributed by atoms with Crippen molar-refractivity contribution in [1.82, 2.24) is 14.9 Å². The summed E-state index contributed by atoms with van der Waals surface area (Å²) >= 11 is 0. The maximum Gasteiger partial charge on any atom is 0.131 e. The predicted molar refractivity (Wildman–Crippen MR) is 81.8 cm³/mol. The molecule has 0 unspecified atom stereocenters. The molecule has 0 aromatic carbocycles. The highest BCUT2D eigenvalue weighted by Crippen LogP contribution is 2.10. The zero-order chi connectivity index (χ0) is 14.3. The molecule has 1 aromatic heterocycles. The maximum absolute atomic E-state index is 4.37. The maximum atomic E-state index is 4.37. The van der Waals surface area contributed by atoms with E-state index in [-0.39, 0.29) is 0 Å². The van der Waals surface area contributed by atoms with Gasteiger partial charge in [0.05, 0.1) is 0 Å². The van der Waals surface area contributed by atoms with Crippen LogP contribution in [0.3, 0.4) is 0 Å². The molecule has 5 nitrogen and oxygen atoms in total. The first-order valence-electron chi connectivity index (χ1n) is 7.00. The van der Waals surface area contributed by atoms with Gasteiger partial charge < -0.3 is 15.5 Å². The average Bonchev–Trinajstić information content (AvgIpc) is 2.37. The molecule has 2 N–H and O–H groups in total. The lowest BCUT2D eigenvalue weighted by atomic mass is 10.2. The molecule has 0 bridgehead atoms. The number of anilines is 2. The van der Waals surface area contributed by atoms with Gasteiger partial charge in [-0.05, 0) is 47.2 Å². The molecular formula is C14H27N5. The van der Waals surface area contributed by atoms with Gasteiger partial charge in [-0.3, -0.25) is 0 Å². The van der Waals surface area contributed by atoms with E-state index >= 15 is 0 Å². The molecule has 19 heavy (non-hydrogen) atoms. The van der Waals surface area contributed by atoms with Crippen LogP contribution >= 0.6 is 0 Å². The number of aromatic nitrogens is 2. The van der Waals surface area contributed by atoms with E-state index in [0.29, 0.717) is 6.04 Å². The summed E-state index contributed by atoms with van der Waals surface area (Å²) in [6.45, 7) is 8.45. The van der Waals surface area contributed by atoms with Crippen molar-refractivity contribution in [2.75, 3.05) is 37.8 Å². The molecule has 0 fully saturated rings.